The number of nitro groups is 1. The van der Waals surface area contributed by atoms with Crippen molar-refractivity contribution in [3.63, 3.8) is 0 Å². The third-order valence-corrected chi connectivity index (χ3v) is 3.49. The van der Waals surface area contributed by atoms with E-state index in [2.05, 4.69) is 5.10 Å². The molecule has 0 bridgehead atoms. The van der Waals surface area contributed by atoms with Crippen molar-refractivity contribution in [3.05, 3.63) is 68.8 Å². The zero-order chi connectivity index (χ0) is 22.0. The summed E-state index contributed by atoms with van der Waals surface area (Å²) in [6.07, 6.45) is -9.88. The van der Waals surface area contributed by atoms with E-state index in [1.165, 1.54) is 5.43 Å². The molecule has 29 heavy (non-hydrogen) atoms. The van der Waals surface area contributed by atoms with E-state index in [0.717, 1.165) is 18.2 Å². The fourth-order valence-electron chi connectivity index (χ4n) is 2.24. The number of alkyl halides is 6. The molecule has 2 aromatic carbocycles. The van der Waals surface area contributed by atoms with Gasteiger partial charge in [0.2, 0.25) is 0 Å². The summed E-state index contributed by atoms with van der Waals surface area (Å²) < 4.78 is 78.3. The highest BCUT2D eigenvalue weighted by atomic mass is 19.4. The summed E-state index contributed by atoms with van der Waals surface area (Å²) in [5.74, 6) is -2.34. The lowest BCUT2D eigenvalue weighted by Crippen LogP contribution is -2.26. The van der Waals surface area contributed by atoms with Crippen LogP contribution in [0.4, 0.5) is 32.0 Å². The van der Waals surface area contributed by atoms with E-state index in [-0.39, 0.29) is 5.56 Å². The van der Waals surface area contributed by atoms with Crippen molar-refractivity contribution < 1.29 is 41.2 Å². The molecule has 0 unspecified atom stereocenters. The molecule has 0 aliphatic heterocycles. The molecule has 0 spiro atoms. The number of aromatic hydroxyl groups is 1. The Morgan fingerprint density at radius 2 is 1.62 bits per heavy atom. The second-order valence-corrected chi connectivity index (χ2v) is 5.42. The van der Waals surface area contributed by atoms with Crippen LogP contribution in [0.1, 0.15) is 27.0 Å². The van der Waals surface area contributed by atoms with Gasteiger partial charge in [0.15, 0.2) is 0 Å². The molecule has 2 rings (SSSR count). The predicted molar refractivity (Wildman–Crippen MR) is 86.3 cm³/mol. The van der Waals surface area contributed by atoms with Gasteiger partial charge in [0.1, 0.15) is 5.75 Å². The molecular weight excluding hydrogens is 412 g/mol. The van der Waals surface area contributed by atoms with Crippen molar-refractivity contribution in [2.24, 2.45) is 5.10 Å². The number of hydrazone groups is 1. The van der Waals surface area contributed by atoms with Crippen LogP contribution in [0.3, 0.4) is 0 Å². The summed E-state index contributed by atoms with van der Waals surface area (Å²) in [4.78, 5) is 21.9. The van der Waals surface area contributed by atoms with Gasteiger partial charge in [0, 0.05) is 17.7 Å². The zero-order valence-corrected chi connectivity index (χ0v) is 13.9. The van der Waals surface area contributed by atoms with Gasteiger partial charge in [0.25, 0.3) is 11.6 Å². The van der Waals surface area contributed by atoms with E-state index in [9.17, 15) is 46.4 Å². The van der Waals surface area contributed by atoms with Crippen LogP contribution in [-0.4, -0.2) is 22.2 Å². The van der Waals surface area contributed by atoms with E-state index >= 15 is 0 Å². The fraction of sp³-hybridized carbons (Fsp3) is 0.125. The Labute approximate surface area is 157 Å². The average molecular weight is 421 g/mol. The number of nitrogens with zero attached hydrogens (tertiary/aromatic N) is 2. The van der Waals surface area contributed by atoms with Crippen LogP contribution in [0, 0.1) is 10.1 Å². The van der Waals surface area contributed by atoms with Crippen LogP contribution >= 0.6 is 0 Å². The number of amides is 1. The Kier molecular flexibility index (Phi) is 5.80. The highest BCUT2D eigenvalue weighted by Gasteiger charge is 2.42. The summed E-state index contributed by atoms with van der Waals surface area (Å²) in [5.41, 5.74) is -4.61. The lowest BCUT2D eigenvalue weighted by Gasteiger charge is -2.17. The molecule has 0 fully saturated rings. The number of carbonyl (C=O) groups is 1. The Morgan fingerprint density at radius 1 is 1.07 bits per heavy atom. The van der Waals surface area contributed by atoms with Gasteiger partial charge >= 0.3 is 12.4 Å². The quantitative estimate of drug-likeness (QED) is 0.336. The highest BCUT2D eigenvalue weighted by molar-refractivity contribution is 5.98. The topological polar surface area (TPSA) is 105 Å². The molecule has 7 nitrogen and oxygen atoms in total. The molecule has 154 valence electrons. The number of hydrogen-bond acceptors (Lipinski definition) is 5. The number of hydrogen-bond donors (Lipinski definition) is 2. The lowest BCUT2D eigenvalue weighted by atomic mass is 9.99. The van der Waals surface area contributed by atoms with Gasteiger partial charge in [-0.05, 0) is 18.2 Å². The maximum atomic E-state index is 13.1. The first-order valence-corrected chi connectivity index (χ1v) is 7.40. The van der Waals surface area contributed by atoms with Gasteiger partial charge in [-0.15, -0.1) is 0 Å². The van der Waals surface area contributed by atoms with Crippen LogP contribution in [0.5, 0.6) is 5.75 Å². The third-order valence-electron chi connectivity index (χ3n) is 3.49. The van der Waals surface area contributed by atoms with Crippen LogP contribution in [-0.2, 0) is 12.4 Å². The van der Waals surface area contributed by atoms with Crippen molar-refractivity contribution in [3.8, 4) is 5.75 Å². The number of rotatable bonds is 4. The van der Waals surface area contributed by atoms with Crippen molar-refractivity contribution in [2.75, 3.05) is 0 Å². The first kappa shape index (κ1) is 21.7. The smallest absolute Gasteiger partial charge is 0.417 e. The van der Waals surface area contributed by atoms with Crippen LogP contribution in [0.2, 0.25) is 0 Å². The fourth-order valence-corrected chi connectivity index (χ4v) is 2.24. The Hall–Kier alpha value is -3.64. The first-order valence-electron chi connectivity index (χ1n) is 7.40. The summed E-state index contributed by atoms with van der Waals surface area (Å²) in [5, 5.41) is 23.5. The van der Waals surface area contributed by atoms with Gasteiger partial charge in [-0.2, -0.15) is 31.4 Å². The third kappa shape index (κ3) is 5.00. The Balaban J connectivity index is 2.40. The van der Waals surface area contributed by atoms with Gasteiger partial charge in [-0.1, -0.05) is 6.07 Å². The first-order chi connectivity index (χ1) is 13.3. The van der Waals surface area contributed by atoms with Crippen molar-refractivity contribution >= 4 is 17.8 Å². The molecule has 0 saturated carbocycles. The molecule has 0 saturated heterocycles. The van der Waals surface area contributed by atoms with Crippen LogP contribution < -0.4 is 5.43 Å². The average Bonchev–Trinajstić information content (AvgIpc) is 2.60. The number of phenols is 1. The minimum atomic E-state index is -5.25. The van der Waals surface area contributed by atoms with Gasteiger partial charge < -0.3 is 5.11 Å². The van der Waals surface area contributed by atoms with Gasteiger partial charge in [-0.3, -0.25) is 14.9 Å². The number of halogens is 6. The second-order valence-electron chi connectivity index (χ2n) is 5.42. The van der Waals surface area contributed by atoms with E-state index in [1.54, 1.807) is 0 Å². The number of nitrogens with one attached hydrogen (secondary N) is 1. The number of phenolic OH excluding ortho intramolecular Hbond substituents is 1. The van der Waals surface area contributed by atoms with Crippen LogP contribution in [0.25, 0.3) is 0 Å². The molecule has 0 radical (unpaired) electrons. The lowest BCUT2D eigenvalue weighted by molar-refractivity contribution is -0.384. The largest absolute Gasteiger partial charge is 0.507 e. The maximum absolute atomic E-state index is 13.1. The summed E-state index contributed by atoms with van der Waals surface area (Å²) in [6.45, 7) is 0. The van der Waals surface area contributed by atoms with Crippen molar-refractivity contribution in [1.82, 2.24) is 5.43 Å². The molecule has 2 aromatic rings. The zero-order valence-electron chi connectivity index (χ0n) is 13.9. The number of benzene rings is 2. The van der Waals surface area contributed by atoms with Gasteiger partial charge in [0.05, 0.1) is 27.8 Å². The molecule has 0 aromatic heterocycles. The van der Waals surface area contributed by atoms with Crippen molar-refractivity contribution in [2.45, 2.75) is 12.4 Å². The molecule has 0 heterocycles. The number of non-ortho nitro benzene ring substituents is 1. The summed E-state index contributed by atoms with van der Waals surface area (Å²) in [7, 11) is 0. The minimum absolute atomic E-state index is 0.306. The predicted octanol–water partition coefficient (Wildman–Crippen LogP) is 4.10. The van der Waals surface area contributed by atoms with Crippen molar-refractivity contribution in [1.29, 1.82) is 0 Å². The maximum Gasteiger partial charge on any atom is 0.417 e. The minimum Gasteiger partial charge on any atom is -0.507 e. The molecular formula is C16H9F6N3O4. The molecule has 0 aliphatic rings. The Morgan fingerprint density at radius 3 is 2.10 bits per heavy atom. The molecule has 13 heteroatoms. The van der Waals surface area contributed by atoms with Gasteiger partial charge in [-0.25, -0.2) is 5.43 Å². The molecule has 2 N–H and O–H groups in total. The summed E-state index contributed by atoms with van der Waals surface area (Å²) >= 11 is 0. The van der Waals surface area contributed by atoms with E-state index < -0.39 is 51.3 Å². The molecule has 1 amide bonds. The number of nitro benzene ring substituents is 1. The molecule has 0 aliphatic carbocycles. The monoisotopic (exact) mass is 421 g/mol. The second kappa shape index (κ2) is 7.77. The molecule has 0 atom stereocenters. The highest BCUT2D eigenvalue weighted by Crippen LogP contribution is 2.39. The standard InChI is InChI=1S/C16H9F6N3O4/c17-15(18,19)10-2-1-3-11(16(20,21)22)13(10)14(27)24-23-7-8-6-9(25(28)29)4-5-12(8)26/h1-7,26H,(H,24,27)/b23-7+. The Bertz CT molecular complexity index is 953. The SMILES string of the molecule is O=C(N/N=C/c1cc([N+](=O)[O-])ccc1O)c1c(C(F)(F)F)cccc1C(F)(F)F. The van der Waals surface area contributed by atoms with E-state index in [1.807, 2.05) is 0 Å². The number of carbonyl (C=O) groups excluding carboxylic acids is 1. The summed E-state index contributed by atoms with van der Waals surface area (Å²) in [6, 6.07) is 3.81. The normalized spacial score (nSPS) is 12.2. The van der Waals surface area contributed by atoms with Crippen LogP contribution in [0.15, 0.2) is 41.5 Å². The van der Waals surface area contributed by atoms with E-state index in [0.29, 0.717) is 24.4 Å². The van der Waals surface area contributed by atoms with E-state index in [4.69, 9.17) is 0 Å².